The number of urea groups is 1. The van der Waals surface area contributed by atoms with Crippen LogP contribution < -0.4 is 16.4 Å². The molecule has 7 heteroatoms. The molecule has 0 unspecified atom stereocenters. The third kappa shape index (κ3) is 3.33. The van der Waals surface area contributed by atoms with Crippen LogP contribution in [0, 0.1) is 0 Å². The highest BCUT2D eigenvalue weighted by Gasteiger charge is 2.40. The molecule has 0 aliphatic heterocycles. The fourth-order valence-corrected chi connectivity index (χ4v) is 3.71. The molecule has 2 aliphatic rings. The van der Waals surface area contributed by atoms with Gasteiger partial charge in [0.15, 0.2) is 0 Å². The molecule has 0 bridgehead atoms. The number of fused-ring (bicyclic) bond motifs is 1. The summed E-state index contributed by atoms with van der Waals surface area (Å²) in [4.78, 5) is 23.9. The zero-order valence-electron chi connectivity index (χ0n) is 13.4. The molecule has 1 aromatic rings. The van der Waals surface area contributed by atoms with Crippen LogP contribution in [0.3, 0.4) is 0 Å². The summed E-state index contributed by atoms with van der Waals surface area (Å²) in [6.07, 6.45) is 8.68. The van der Waals surface area contributed by atoms with Crippen LogP contribution in [0.1, 0.15) is 61.9 Å². The maximum absolute atomic E-state index is 12.2. The molecule has 3 amide bonds. The number of aromatic nitrogens is 2. The number of carbonyl (C=O) groups is 2. The summed E-state index contributed by atoms with van der Waals surface area (Å²) in [5.74, 6) is -0.446. The van der Waals surface area contributed by atoms with Crippen molar-refractivity contribution in [3.63, 3.8) is 0 Å². The van der Waals surface area contributed by atoms with Crippen molar-refractivity contribution >= 4 is 11.9 Å². The van der Waals surface area contributed by atoms with Crippen molar-refractivity contribution in [1.82, 2.24) is 20.8 Å². The van der Waals surface area contributed by atoms with E-state index in [4.69, 9.17) is 5.73 Å². The molecule has 1 heterocycles. The highest BCUT2D eigenvalue weighted by atomic mass is 16.2. The molecule has 0 spiro atoms. The lowest BCUT2D eigenvalue weighted by Crippen LogP contribution is -2.57. The Labute approximate surface area is 135 Å². The topological polar surface area (TPSA) is 113 Å². The van der Waals surface area contributed by atoms with Gasteiger partial charge in [-0.3, -0.25) is 9.89 Å². The van der Waals surface area contributed by atoms with E-state index in [-0.39, 0.29) is 6.03 Å². The van der Waals surface area contributed by atoms with E-state index in [9.17, 15) is 9.59 Å². The molecule has 2 aliphatic carbocycles. The van der Waals surface area contributed by atoms with Gasteiger partial charge in [0.25, 0.3) is 0 Å². The minimum Gasteiger partial charge on any atom is -0.368 e. The van der Waals surface area contributed by atoms with Crippen LogP contribution in [0.4, 0.5) is 4.79 Å². The van der Waals surface area contributed by atoms with Gasteiger partial charge in [0.05, 0.1) is 12.2 Å². The Hall–Kier alpha value is -2.05. The number of amides is 3. The maximum Gasteiger partial charge on any atom is 0.315 e. The number of H-pyrrole nitrogens is 1. The van der Waals surface area contributed by atoms with Crippen molar-refractivity contribution in [3.05, 3.63) is 17.0 Å². The zero-order chi connectivity index (χ0) is 16.3. The largest absolute Gasteiger partial charge is 0.368 e. The number of nitrogens with one attached hydrogen (secondary N) is 3. The summed E-state index contributed by atoms with van der Waals surface area (Å²) in [7, 11) is 0. The predicted molar refractivity (Wildman–Crippen MR) is 85.6 cm³/mol. The Bertz CT molecular complexity index is 589. The van der Waals surface area contributed by atoms with Crippen molar-refractivity contribution in [2.45, 2.75) is 69.9 Å². The van der Waals surface area contributed by atoms with Gasteiger partial charge in [0.1, 0.15) is 5.54 Å². The van der Waals surface area contributed by atoms with Gasteiger partial charge in [-0.15, -0.1) is 0 Å². The quantitative estimate of drug-likeness (QED) is 0.627. The van der Waals surface area contributed by atoms with E-state index >= 15 is 0 Å². The first-order chi connectivity index (χ1) is 11.1. The molecular weight excluding hydrogens is 294 g/mol. The van der Waals surface area contributed by atoms with Crippen LogP contribution in [0.5, 0.6) is 0 Å². The molecule has 7 nitrogen and oxygen atoms in total. The van der Waals surface area contributed by atoms with Crippen LogP contribution in [0.2, 0.25) is 0 Å². The SMILES string of the molecule is NC(=O)C1(NC(=O)NCc2n[nH]c3c2CCCCC3)CCCC1. The number of aryl methyl sites for hydroxylation is 1. The molecule has 5 N–H and O–H groups in total. The molecule has 126 valence electrons. The van der Waals surface area contributed by atoms with Crippen LogP contribution in [0.25, 0.3) is 0 Å². The van der Waals surface area contributed by atoms with Crippen molar-refractivity contribution in [2.75, 3.05) is 0 Å². The van der Waals surface area contributed by atoms with Gasteiger partial charge >= 0.3 is 6.03 Å². The van der Waals surface area contributed by atoms with E-state index in [1.807, 2.05) is 0 Å². The van der Waals surface area contributed by atoms with E-state index < -0.39 is 11.4 Å². The number of nitrogens with zero attached hydrogens (tertiary/aromatic N) is 1. The summed E-state index contributed by atoms with van der Waals surface area (Å²) in [6, 6.07) is -0.351. The van der Waals surface area contributed by atoms with Gasteiger partial charge in [0, 0.05) is 5.69 Å². The standard InChI is InChI=1S/C16H25N5O2/c17-14(22)16(8-4-5-9-16)19-15(23)18-10-13-11-6-2-1-3-7-12(11)20-21-13/h1-10H2,(H2,17,22)(H,20,21)(H2,18,19,23). The summed E-state index contributed by atoms with van der Waals surface area (Å²) in [6.45, 7) is 0.368. The average molecular weight is 319 g/mol. The molecule has 1 fully saturated rings. The van der Waals surface area contributed by atoms with Gasteiger partial charge in [-0.2, -0.15) is 5.10 Å². The summed E-state index contributed by atoms with van der Waals surface area (Å²) < 4.78 is 0. The normalized spacial score (nSPS) is 19.7. The second-order valence-electron chi connectivity index (χ2n) is 6.65. The first-order valence-corrected chi connectivity index (χ1v) is 8.52. The van der Waals surface area contributed by atoms with Crippen LogP contribution in [0.15, 0.2) is 0 Å². The van der Waals surface area contributed by atoms with E-state index in [1.54, 1.807) is 0 Å². The maximum atomic E-state index is 12.2. The van der Waals surface area contributed by atoms with Crippen molar-refractivity contribution in [3.8, 4) is 0 Å². The highest BCUT2D eigenvalue weighted by molar-refractivity contribution is 5.90. The Morgan fingerprint density at radius 3 is 2.61 bits per heavy atom. The average Bonchev–Trinajstić information content (AvgIpc) is 3.07. The lowest BCUT2D eigenvalue weighted by molar-refractivity contribution is -0.123. The highest BCUT2D eigenvalue weighted by Crippen LogP contribution is 2.29. The molecule has 0 radical (unpaired) electrons. The van der Waals surface area contributed by atoms with Gasteiger partial charge < -0.3 is 16.4 Å². The Kier molecular flexibility index (Phi) is 4.54. The van der Waals surface area contributed by atoms with Crippen molar-refractivity contribution in [1.29, 1.82) is 0 Å². The van der Waals surface area contributed by atoms with Crippen molar-refractivity contribution < 1.29 is 9.59 Å². The molecule has 3 rings (SSSR count). The van der Waals surface area contributed by atoms with Crippen molar-refractivity contribution in [2.24, 2.45) is 5.73 Å². The third-order valence-corrected chi connectivity index (χ3v) is 5.09. The lowest BCUT2D eigenvalue weighted by Gasteiger charge is -2.26. The Balaban J connectivity index is 1.59. The Morgan fingerprint density at radius 2 is 1.87 bits per heavy atom. The second kappa shape index (κ2) is 6.60. The monoisotopic (exact) mass is 319 g/mol. The summed E-state index contributed by atoms with van der Waals surface area (Å²) >= 11 is 0. The number of primary amides is 1. The molecule has 0 atom stereocenters. The number of carbonyl (C=O) groups excluding carboxylic acids is 2. The van der Waals surface area contributed by atoms with Gasteiger partial charge in [-0.25, -0.2) is 4.79 Å². The minimum absolute atomic E-state index is 0.351. The fraction of sp³-hybridized carbons (Fsp3) is 0.688. The number of nitrogens with two attached hydrogens (primary N) is 1. The van der Waals surface area contributed by atoms with Crippen LogP contribution in [-0.4, -0.2) is 27.7 Å². The van der Waals surface area contributed by atoms with E-state index in [0.717, 1.165) is 37.8 Å². The Morgan fingerprint density at radius 1 is 1.13 bits per heavy atom. The first kappa shape index (κ1) is 15.8. The zero-order valence-corrected chi connectivity index (χ0v) is 13.4. The van der Waals surface area contributed by atoms with Gasteiger partial charge in [-0.05, 0) is 44.1 Å². The smallest absolute Gasteiger partial charge is 0.315 e. The van der Waals surface area contributed by atoms with Gasteiger partial charge in [0.2, 0.25) is 5.91 Å². The molecule has 1 aromatic heterocycles. The molecule has 0 saturated heterocycles. The van der Waals surface area contributed by atoms with Gasteiger partial charge in [-0.1, -0.05) is 19.3 Å². The van der Waals surface area contributed by atoms with E-state index in [0.29, 0.717) is 19.4 Å². The lowest BCUT2D eigenvalue weighted by atomic mass is 9.97. The van der Waals surface area contributed by atoms with E-state index in [2.05, 4.69) is 20.8 Å². The fourth-order valence-electron chi connectivity index (χ4n) is 3.71. The molecule has 23 heavy (non-hydrogen) atoms. The van der Waals surface area contributed by atoms with Crippen LogP contribution in [-0.2, 0) is 24.2 Å². The minimum atomic E-state index is -0.882. The number of hydrogen-bond donors (Lipinski definition) is 4. The van der Waals surface area contributed by atoms with E-state index in [1.165, 1.54) is 24.1 Å². The predicted octanol–water partition coefficient (Wildman–Crippen LogP) is 1.28. The third-order valence-electron chi connectivity index (χ3n) is 5.09. The second-order valence-corrected chi connectivity index (χ2v) is 6.65. The molecule has 0 aromatic carbocycles. The molecular formula is C16H25N5O2. The summed E-state index contributed by atoms with van der Waals surface area (Å²) in [5.41, 5.74) is 7.94. The summed E-state index contributed by atoms with van der Waals surface area (Å²) in [5, 5.41) is 13.0. The number of aromatic amines is 1. The van der Waals surface area contributed by atoms with Crippen LogP contribution >= 0.6 is 0 Å². The number of hydrogen-bond acceptors (Lipinski definition) is 3. The number of rotatable bonds is 4. The first-order valence-electron chi connectivity index (χ1n) is 8.52. The molecule has 1 saturated carbocycles.